The fourth-order valence-corrected chi connectivity index (χ4v) is 5.02. The molecule has 0 spiro atoms. The van der Waals surface area contributed by atoms with E-state index in [1.54, 1.807) is 30.3 Å². The number of carbonyl (C=O) groups excluding carboxylic acids is 1. The van der Waals surface area contributed by atoms with Crippen LogP contribution in [0.3, 0.4) is 0 Å². The first-order valence-corrected chi connectivity index (χ1v) is 10.6. The summed E-state index contributed by atoms with van der Waals surface area (Å²) in [5, 5.41) is 2.95. The number of sulfonamides is 1. The van der Waals surface area contributed by atoms with Gasteiger partial charge in [-0.3, -0.25) is 4.79 Å². The first kappa shape index (κ1) is 19.3. The molecule has 2 aliphatic heterocycles. The highest BCUT2D eigenvalue weighted by Gasteiger charge is 2.32. The summed E-state index contributed by atoms with van der Waals surface area (Å²) >= 11 is 0. The molecular weight excluding hydrogens is 354 g/mol. The summed E-state index contributed by atoms with van der Waals surface area (Å²) in [6.07, 6.45) is 2.59. The quantitative estimate of drug-likeness (QED) is 0.756. The van der Waals surface area contributed by atoms with Gasteiger partial charge < -0.3 is 15.8 Å². The monoisotopic (exact) mass is 381 g/mol. The van der Waals surface area contributed by atoms with Crippen molar-refractivity contribution in [1.82, 2.24) is 9.62 Å². The molecule has 3 rings (SSSR count). The van der Waals surface area contributed by atoms with Gasteiger partial charge in [-0.1, -0.05) is 18.2 Å². The lowest BCUT2D eigenvalue weighted by atomic mass is 9.98. The van der Waals surface area contributed by atoms with E-state index in [9.17, 15) is 13.2 Å². The molecule has 2 aliphatic rings. The number of hydrogen-bond donors (Lipinski definition) is 2. The van der Waals surface area contributed by atoms with Crippen LogP contribution in [0.25, 0.3) is 0 Å². The van der Waals surface area contributed by atoms with Crippen molar-refractivity contribution in [2.24, 2.45) is 11.7 Å². The van der Waals surface area contributed by atoms with Crippen LogP contribution in [0.2, 0.25) is 0 Å². The fraction of sp³-hybridized carbons (Fsp3) is 0.611. The van der Waals surface area contributed by atoms with E-state index in [2.05, 4.69) is 5.32 Å². The molecule has 1 aromatic rings. The molecule has 8 heteroatoms. The van der Waals surface area contributed by atoms with Crippen LogP contribution in [-0.4, -0.2) is 57.0 Å². The number of nitrogens with one attached hydrogen (secondary N) is 1. The number of benzene rings is 1. The van der Waals surface area contributed by atoms with Crippen molar-refractivity contribution in [3.63, 3.8) is 0 Å². The summed E-state index contributed by atoms with van der Waals surface area (Å²) in [5.74, 6) is 0.202. The molecule has 7 nitrogen and oxygen atoms in total. The standard InChI is InChI=1S/C18H27N3O4S/c19-12-15-6-7-17(25-15)18(22)20-13-14-8-10-21(11-9-14)26(23,24)16-4-2-1-3-5-16/h1-5,14-15,17H,6-13,19H2,(H,20,22)/t15-,17+/m1/s1. The molecular formula is C18H27N3O4S. The Morgan fingerprint density at radius 2 is 1.85 bits per heavy atom. The second-order valence-electron chi connectivity index (χ2n) is 6.97. The number of piperidine rings is 1. The third kappa shape index (κ3) is 4.43. The average Bonchev–Trinajstić information content (AvgIpc) is 3.16. The average molecular weight is 381 g/mol. The predicted molar refractivity (Wildman–Crippen MR) is 97.9 cm³/mol. The van der Waals surface area contributed by atoms with E-state index in [0.29, 0.717) is 37.5 Å². The lowest BCUT2D eigenvalue weighted by molar-refractivity contribution is -0.132. The van der Waals surface area contributed by atoms with Crippen molar-refractivity contribution in [3.05, 3.63) is 30.3 Å². The van der Waals surface area contributed by atoms with Gasteiger partial charge in [-0.2, -0.15) is 4.31 Å². The number of hydrogen-bond acceptors (Lipinski definition) is 5. The van der Waals surface area contributed by atoms with E-state index in [1.165, 1.54) is 4.31 Å². The van der Waals surface area contributed by atoms with Crippen molar-refractivity contribution in [3.8, 4) is 0 Å². The molecule has 2 fully saturated rings. The Labute approximate surface area is 154 Å². The van der Waals surface area contributed by atoms with Gasteiger partial charge in [0, 0.05) is 26.2 Å². The lowest BCUT2D eigenvalue weighted by Crippen LogP contribution is -2.43. The first-order chi connectivity index (χ1) is 12.5. The SMILES string of the molecule is NC[C@H]1CC[C@@H](C(=O)NCC2CCN(S(=O)(=O)c3ccccc3)CC2)O1. The van der Waals surface area contributed by atoms with Crippen molar-refractivity contribution in [2.75, 3.05) is 26.2 Å². The molecule has 0 unspecified atom stereocenters. The van der Waals surface area contributed by atoms with Gasteiger partial charge >= 0.3 is 0 Å². The smallest absolute Gasteiger partial charge is 0.249 e. The second kappa shape index (κ2) is 8.47. The van der Waals surface area contributed by atoms with E-state index >= 15 is 0 Å². The Bertz CT molecular complexity index is 702. The summed E-state index contributed by atoms with van der Waals surface area (Å²) in [6, 6.07) is 8.51. The van der Waals surface area contributed by atoms with Crippen molar-refractivity contribution >= 4 is 15.9 Å². The summed E-state index contributed by atoms with van der Waals surface area (Å²) in [5.41, 5.74) is 5.57. The maximum atomic E-state index is 12.6. The van der Waals surface area contributed by atoms with E-state index in [4.69, 9.17) is 10.5 Å². The van der Waals surface area contributed by atoms with Crippen LogP contribution in [0.1, 0.15) is 25.7 Å². The van der Waals surface area contributed by atoms with Crippen LogP contribution in [0.5, 0.6) is 0 Å². The van der Waals surface area contributed by atoms with Gasteiger partial charge in [-0.25, -0.2) is 8.42 Å². The molecule has 2 heterocycles. The third-order valence-electron chi connectivity index (χ3n) is 5.18. The molecule has 2 saturated heterocycles. The van der Waals surface area contributed by atoms with Gasteiger partial charge in [-0.15, -0.1) is 0 Å². The fourth-order valence-electron chi connectivity index (χ4n) is 3.53. The number of nitrogens with two attached hydrogens (primary N) is 1. The van der Waals surface area contributed by atoms with Crippen LogP contribution in [0.4, 0.5) is 0 Å². The number of ether oxygens (including phenoxy) is 1. The van der Waals surface area contributed by atoms with Crippen molar-refractivity contribution in [1.29, 1.82) is 0 Å². The topological polar surface area (TPSA) is 102 Å². The zero-order valence-corrected chi connectivity index (χ0v) is 15.7. The Balaban J connectivity index is 1.45. The minimum absolute atomic E-state index is 0.0165. The van der Waals surface area contributed by atoms with Gasteiger partial charge in [-0.05, 0) is 43.7 Å². The minimum Gasteiger partial charge on any atom is -0.364 e. The predicted octanol–water partition coefficient (Wildman–Crippen LogP) is 0.710. The second-order valence-corrected chi connectivity index (χ2v) is 8.90. The zero-order chi connectivity index (χ0) is 18.6. The highest BCUT2D eigenvalue weighted by atomic mass is 32.2. The van der Waals surface area contributed by atoms with Gasteiger partial charge in [0.05, 0.1) is 11.0 Å². The first-order valence-electron chi connectivity index (χ1n) is 9.19. The van der Waals surface area contributed by atoms with Crippen LogP contribution in [0.15, 0.2) is 35.2 Å². The minimum atomic E-state index is -3.42. The molecule has 1 amide bonds. The maximum Gasteiger partial charge on any atom is 0.249 e. The van der Waals surface area contributed by atoms with Gasteiger partial charge in [0.25, 0.3) is 0 Å². The third-order valence-corrected chi connectivity index (χ3v) is 7.10. The molecule has 1 aromatic carbocycles. The van der Waals surface area contributed by atoms with Crippen LogP contribution < -0.4 is 11.1 Å². The molecule has 0 bridgehead atoms. The summed E-state index contributed by atoms with van der Waals surface area (Å²) in [4.78, 5) is 12.5. The Morgan fingerprint density at radius 3 is 2.46 bits per heavy atom. The van der Waals surface area contributed by atoms with Crippen LogP contribution >= 0.6 is 0 Å². The maximum absolute atomic E-state index is 12.6. The summed E-state index contributed by atoms with van der Waals surface area (Å²) in [7, 11) is -3.42. The number of nitrogens with zero attached hydrogens (tertiary/aromatic N) is 1. The Morgan fingerprint density at radius 1 is 1.15 bits per heavy atom. The largest absolute Gasteiger partial charge is 0.364 e. The summed E-state index contributed by atoms with van der Waals surface area (Å²) < 4.78 is 32.4. The number of amides is 1. The van der Waals surface area contributed by atoms with Gasteiger partial charge in [0.2, 0.25) is 15.9 Å². The normalized spacial score (nSPS) is 25.3. The van der Waals surface area contributed by atoms with Gasteiger partial charge in [0.15, 0.2) is 0 Å². The molecule has 3 N–H and O–H groups in total. The van der Waals surface area contributed by atoms with Gasteiger partial charge in [0.1, 0.15) is 6.10 Å². The Hall–Kier alpha value is -1.48. The van der Waals surface area contributed by atoms with E-state index < -0.39 is 16.1 Å². The molecule has 0 saturated carbocycles. The molecule has 2 atom stereocenters. The molecule has 0 aromatic heterocycles. The number of carbonyl (C=O) groups is 1. The van der Waals surface area contributed by atoms with E-state index in [-0.39, 0.29) is 17.9 Å². The molecule has 0 radical (unpaired) electrons. The van der Waals surface area contributed by atoms with Crippen LogP contribution in [0, 0.1) is 5.92 Å². The molecule has 26 heavy (non-hydrogen) atoms. The van der Waals surface area contributed by atoms with Crippen LogP contribution in [-0.2, 0) is 19.6 Å². The highest BCUT2D eigenvalue weighted by molar-refractivity contribution is 7.89. The van der Waals surface area contributed by atoms with Crippen molar-refractivity contribution in [2.45, 2.75) is 42.8 Å². The zero-order valence-electron chi connectivity index (χ0n) is 14.8. The van der Waals surface area contributed by atoms with Crippen molar-refractivity contribution < 1.29 is 17.9 Å². The number of rotatable bonds is 6. The van der Waals surface area contributed by atoms with E-state index in [1.807, 2.05) is 0 Å². The Kier molecular flexibility index (Phi) is 6.29. The lowest BCUT2D eigenvalue weighted by Gasteiger charge is -2.31. The van der Waals surface area contributed by atoms with E-state index in [0.717, 1.165) is 19.3 Å². The highest BCUT2D eigenvalue weighted by Crippen LogP contribution is 2.24. The summed E-state index contributed by atoms with van der Waals surface area (Å²) in [6.45, 7) is 1.96. The molecule has 144 valence electrons. The molecule has 0 aliphatic carbocycles.